The number of carbonyl (C=O) groups is 1. The molecule has 0 fully saturated rings. The first-order chi connectivity index (χ1) is 11.7. The van der Waals surface area contributed by atoms with Crippen molar-refractivity contribution in [2.75, 3.05) is 0 Å². The Morgan fingerprint density at radius 2 is 1.46 bits per heavy atom. The van der Waals surface area contributed by atoms with Crippen LogP contribution in [0.5, 0.6) is 5.75 Å². The maximum absolute atomic E-state index is 12.6. The summed E-state index contributed by atoms with van der Waals surface area (Å²) in [5, 5.41) is 4.03. The Morgan fingerprint density at radius 1 is 0.750 bits per heavy atom. The molecule has 2 nitrogen and oxygen atoms in total. The summed E-state index contributed by atoms with van der Waals surface area (Å²) in [6.45, 7) is 2.04. The van der Waals surface area contributed by atoms with Crippen molar-refractivity contribution in [3.05, 3.63) is 90.0 Å². The summed E-state index contributed by atoms with van der Waals surface area (Å²) in [5.41, 5.74) is 1.68. The molecule has 0 spiro atoms. The molecule has 0 aliphatic carbocycles. The Morgan fingerprint density at radius 3 is 2.29 bits per heavy atom. The number of esters is 1. The molecular formula is C22H16O2. The molecule has 4 aromatic rings. The molecule has 4 rings (SSSR count). The van der Waals surface area contributed by atoms with Gasteiger partial charge in [0.15, 0.2) is 0 Å². The lowest BCUT2D eigenvalue weighted by Gasteiger charge is -2.12. The fourth-order valence-electron chi connectivity index (χ4n) is 2.97. The second-order valence-corrected chi connectivity index (χ2v) is 5.91. The van der Waals surface area contributed by atoms with Crippen LogP contribution in [0.2, 0.25) is 0 Å². The van der Waals surface area contributed by atoms with Gasteiger partial charge in [0.25, 0.3) is 0 Å². The van der Waals surface area contributed by atoms with Crippen molar-refractivity contribution in [1.29, 1.82) is 0 Å². The largest absolute Gasteiger partial charge is 0.422 e. The molecule has 0 radical (unpaired) electrons. The maximum Gasteiger partial charge on any atom is 0.343 e. The summed E-state index contributed by atoms with van der Waals surface area (Å²) in [4.78, 5) is 12.6. The van der Waals surface area contributed by atoms with E-state index in [1.807, 2.05) is 49.4 Å². The van der Waals surface area contributed by atoms with Crippen LogP contribution in [-0.2, 0) is 0 Å². The van der Waals surface area contributed by atoms with E-state index in [1.165, 1.54) is 0 Å². The Balaban J connectivity index is 1.93. The third-order valence-corrected chi connectivity index (χ3v) is 4.17. The van der Waals surface area contributed by atoms with Gasteiger partial charge in [0.1, 0.15) is 5.75 Å². The van der Waals surface area contributed by atoms with Crippen molar-refractivity contribution in [2.45, 2.75) is 6.92 Å². The highest BCUT2D eigenvalue weighted by Crippen LogP contribution is 2.35. The molecule has 0 heterocycles. The Bertz CT molecular complexity index is 1050. The number of hydrogen-bond acceptors (Lipinski definition) is 2. The average Bonchev–Trinajstić information content (AvgIpc) is 2.62. The van der Waals surface area contributed by atoms with Crippen LogP contribution in [0.3, 0.4) is 0 Å². The smallest absolute Gasteiger partial charge is 0.343 e. The summed E-state index contributed by atoms with van der Waals surface area (Å²) in [7, 11) is 0. The lowest BCUT2D eigenvalue weighted by molar-refractivity contribution is 0.0739. The topological polar surface area (TPSA) is 26.3 Å². The molecule has 24 heavy (non-hydrogen) atoms. The van der Waals surface area contributed by atoms with Crippen LogP contribution in [0.15, 0.2) is 78.9 Å². The van der Waals surface area contributed by atoms with Gasteiger partial charge in [0.2, 0.25) is 0 Å². The molecule has 0 saturated carbocycles. The summed E-state index contributed by atoms with van der Waals surface area (Å²) in [5.74, 6) is 0.287. The molecule has 0 aliphatic rings. The van der Waals surface area contributed by atoms with Gasteiger partial charge in [-0.05, 0) is 42.0 Å². The van der Waals surface area contributed by atoms with Gasteiger partial charge in [-0.25, -0.2) is 4.79 Å². The van der Waals surface area contributed by atoms with Crippen LogP contribution in [0.4, 0.5) is 0 Å². The van der Waals surface area contributed by atoms with Gasteiger partial charge in [-0.15, -0.1) is 0 Å². The number of fused-ring (bicyclic) bond motifs is 2. The molecule has 4 aromatic carbocycles. The van der Waals surface area contributed by atoms with E-state index in [0.29, 0.717) is 11.3 Å². The van der Waals surface area contributed by atoms with Crippen LogP contribution in [0, 0.1) is 6.92 Å². The molecule has 0 atom stereocenters. The van der Waals surface area contributed by atoms with Gasteiger partial charge in [-0.3, -0.25) is 0 Å². The second-order valence-electron chi connectivity index (χ2n) is 5.91. The molecular weight excluding hydrogens is 296 g/mol. The van der Waals surface area contributed by atoms with E-state index in [-0.39, 0.29) is 5.97 Å². The zero-order valence-electron chi connectivity index (χ0n) is 13.3. The third-order valence-electron chi connectivity index (χ3n) is 4.17. The number of carbonyl (C=O) groups excluding carboxylic acids is 1. The zero-order valence-corrected chi connectivity index (χ0v) is 13.3. The minimum Gasteiger partial charge on any atom is -0.422 e. The number of ether oxygens (including phenoxy) is 1. The Kier molecular flexibility index (Phi) is 3.51. The zero-order chi connectivity index (χ0) is 16.5. The number of hydrogen-bond donors (Lipinski definition) is 0. The fraction of sp³-hybridized carbons (Fsp3) is 0.0455. The van der Waals surface area contributed by atoms with E-state index in [0.717, 1.165) is 27.1 Å². The highest BCUT2D eigenvalue weighted by atomic mass is 16.5. The standard InChI is InChI=1S/C22H16O2/c1-15-11-12-18-14-17-9-5-6-10-19(17)21(20(18)13-15)24-22(23)16-7-3-2-4-8-16/h2-14H,1H3. The van der Waals surface area contributed by atoms with Crippen molar-refractivity contribution in [3.8, 4) is 5.75 Å². The van der Waals surface area contributed by atoms with Crippen LogP contribution in [0.1, 0.15) is 15.9 Å². The summed E-state index contributed by atoms with van der Waals surface area (Å²) in [6.07, 6.45) is 0. The van der Waals surface area contributed by atoms with Crippen LogP contribution in [-0.4, -0.2) is 5.97 Å². The van der Waals surface area contributed by atoms with E-state index >= 15 is 0 Å². The maximum atomic E-state index is 12.6. The predicted molar refractivity (Wildman–Crippen MR) is 97.6 cm³/mol. The molecule has 0 aromatic heterocycles. The molecule has 0 saturated heterocycles. The molecule has 116 valence electrons. The van der Waals surface area contributed by atoms with Crippen LogP contribution in [0.25, 0.3) is 21.5 Å². The van der Waals surface area contributed by atoms with Crippen molar-refractivity contribution in [2.24, 2.45) is 0 Å². The van der Waals surface area contributed by atoms with Crippen molar-refractivity contribution < 1.29 is 9.53 Å². The predicted octanol–water partition coefficient (Wildman–Crippen LogP) is 5.52. The van der Waals surface area contributed by atoms with Gasteiger partial charge in [0, 0.05) is 10.8 Å². The molecule has 0 unspecified atom stereocenters. The van der Waals surface area contributed by atoms with Crippen LogP contribution < -0.4 is 4.74 Å². The first-order valence-corrected chi connectivity index (χ1v) is 7.92. The monoisotopic (exact) mass is 312 g/mol. The van der Waals surface area contributed by atoms with Crippen molar-refractivity contribution in [1.82, 2.24) is 0 Å². The van der Waals surface area contributed by atoms with Gasteiger partial charge in [-0.1, -0.05) is 60.2 Å². The first kappa shape index (κ1) is 14.5. The average molecular weight is 312 g/mol. The summed E-state index contributed by atoms with van der Waals surface area (Å²) < 4.78 is 5.84. The minimum atomic E-state index is -0.338. The number of benzene rings is 4. The normalized spacial score (nSPS) is 10.9. The highest BCUT2D eigenvalue weighted by molar-refractivity contribution is 6.07. The van der Waals surface area contributed by atoms with E-state index in [9.17, 15) is 4.79 Å². The molecule has 0 bridgehead atoms. The minimum absolute atomic E-state index is 0.338. The summed E-state index contributed by atoms with van der Waals surface area (Å²) in [6, 6.07) is 25.4. The van der Waals surface area contributed by atoms with Crippen LogP contribution >= 0.6 is 0 Å². The van der Waals surface area contributed by atoms with Crippen molar-refractivity contribution in [3.63, 3.8) is 0 Å². The van der Waals surface area contributed by atoms with E-state index < -0.39 is 0 Å². The SMILES string of the molecule is Cc1ccc2cc3ccccc3c(OC(=O)c3ccccc3)c2c1. The molecule has 0 aliphatic heterocycles. The van der Waals surface area contributed by atoms with Gasteiger partial charge in [-0.2, -0.15) is 0 Å². The van der Waals surface area contributed by atoms with Gasteiger partial charge in [0.05, 0.1) is 5.56 Å². The highest BCUT2D eigenvalue weighted by Gasteiger charge is 2.14. The van der Waals surface area contributed by atoms with E-state index in [1.54, 1.807) is 12.1 Å². The Labute approximate surface area is 140 Å². The third kappa shape index (κ3) is 2.52. The van der Waals surface area contributed by atoms with E-state index in [4.69, 9.17) is 4.74 Å². The lowest BCUT2D eigenvalue weighted by atomic mass is 10.0. The molecule has 0 amide bonds. The fourth-order valence-corrected chi connectivity index (χ4v) is 2.97. The quantitative estimate of drug-likeness (QED) is 0.277. The number of aryl methyl sites for hydroxylation is 1. The lowest BCUT2D eigenvalue weighted by Crippen LogP contribution is -2.08. The summed E-state index contributed by atoms with van der Waals surface area (Å²) >= 11 is 0. The number of rotatable bonds is 2. The molecule has 2 heteroatoms. The first-order valence-electron chi connectivity index (χ1n) is 7.92. The Hall–Kier alpha value is -3.13. The van der Waals surface area contributed by atoms with Gasteiger partial charge < -0.3 is 4.74 Å². The molecule has 0 N–H and O–H groups in total. The van der Waals surface area contributed by atoms with Crippen molar-refractivity contribution >= 4 is 27.5 Å². The van der Waals surface area contributed by atoms with Gasteiger partial charge >= 0.3 is 5.97 Å². The van der Waals surface area contributed by atoms with E-state index in [2.05, 4.69) is 24.3 Å². The second kappa shape index (κ2) is 5.82.